The van der Waals surface area contributed by atoms with Gasteiger partial charge in [-0.05, 0) is 32.9 Å². The molecule has 2 rings (SSSR count). The van der Waals surface area contributed by atoms with Gasteiger partial charge >= 0.3 is 0 Å². The Morgan fingerprint density at radius 2 is 2.00 bits per heavy atom. The van der Waals surface area contributed by atoms with Gasteiger partial charge in [0.25, 0.3) is 0 Å². The highest BCUT2D eigenvalue weighted by Gasteiger charge is 2.25. The molecule has 0 bridgehead atoms. The summed E-state index contributed by atoms with van der Waals surface area (Å²) in [5.41, 5.74) is 1.81. The monoisotopic (exact) mass is 216 g/mol. The van der Waals surface area contributed by atoms with Crippen LogP contribution in [0, 0.1) is 5.41 Å². The average Bonchev–Trinajstić information content (AvgIpc) is 2.57. The summed E-state index contributed by atoms with van der Waals surface area (Å²) in [5, 5.41) is 8.62. The molecule has 0 unspecified atom stereocenters. The van der Waals surface area contributed by atoms with Gasteiger partial charge in [-0.3, -0.25) is 5.41 Å². The van der Waals surface area contributed by atoms with Crippen LogP contribution in [0.1, 0.15) is 20.8 Å². The van der Waals surface area contributed by atoms with Crippen molar-refractivity contribution in [1.82, 2.24) is 4.74 Å². The summed E-state index contributed by atoms with van der Waals surface area (Å²) in [6, 6.07) is 7.71. The lowest BCUT2D eigenvalue weighted by Gasteiger charge is -2.25. The molecule has 0 aliphatic carbocycles. The summed E-state index contributed by atoms with van der Waals surface area (Å²) in [4.78, 5) is 0. The molecule has 0 saturated heterocycles. The largest absolute Gasteiger partial charge is 0.358 e. The van der Waals surface area contributed by atoms with Crippen LogP contribution in [0.25, 0.3) is 10.9 Å². The first-order valence-electron chi connectivity index (χ1n) is 5.26. The van der Waals surface area contributed by atoms with Gasteiger partial charge in [0.1, 0.15) is 0 Å². The summed E-state index contributed by atoms with van der Waals surface area (Å²) in [6.07, 6.45) is 0. The van der Waals surface area contributed by atoms with Crippen LogP contribution in [0.2, 0.25) is 0 Å². The van der Waals surface area contributed by atoms with Crippen LogP contribution in [0.5, 0.6) is 0 Å². The van der Waals surface area contributed by atoms with Crippen molar-refractivity contribution in [2.75, 3.05) is 0 Å². The lowest BCUT2D eigenvalue weighted by molar-refractivity contribution is 0.172. The number of aromatic nitrogens is 1. The maximum absolute atomic E-state index is 7.79. The molecule has 2 aromatic rings. The number of nitrogens with one attached hydrogen (secondary N) is 1. The van der Waals surface area contributed by atoms with Crippen LogP contribution < -0.4 is 5.55 Å². The molecule has 1 aromatic carbocycles. The molecule has 1 heterocycles. The van der Waals surface area contributed by atoms with E-state index in [1.54, 1.807) is 4.74 Å². The smallest absolute Gasteiger partial charge is 0.248 e. The first-order chi connectivity index (χ1) is 7.44. The third kappa shape index (κ3) is 1.40. The molecule has 0 radical (unpaired) electrons. The van der Waals surface area contributed by atoms with Gasteiger partial charge in [-0.2, -0.15) is 4.74 Å². The third-order valence-electron chi connectivity index (χ3n) is 3.10. The summed E-state index contributed by atoms with van der Waals surface area (Å²) in [6.45, 7) is 10.0. The van der Waals surface area contributed by atoms with Crippen LogP contribution in [0.15, 0.2) is 40.9 Å². The molecule has 0 atom stereocenters. The van der Waals surface area contributed by atoms with Gasteiger partial charge in [-0.1, -0.05) is 24.3 Å². The highest BCUT2D eigenvalue weighted by Crippen LogP contribution is 2.27. The molecule has 84 valence electrons. The van der Waals surface area contributed by atoms with Gasteiger partial charge < -0.3 is 4.52 Å². The zero-order valence-corrected chi connectivity index (χ0v) is 9.87. The number of rotatable bonds is 2. The molecular weight excluding hydrogens is 200 g/mol. The Morgan fingerprint density at radius 1 is 1.38 bits per heavy atom. The number of fused-ring (bicyclic) bond motifs is 1. The number of hydrogen-bond donors (Lipinski definition) is 1. The SMILES string of the molecule is C=C(C)C(C)(C)n1oc(=N)c2ccccc21. The van der Waals surface area contributed by atoms with E-state index in [1.165, 1.54) is 0 Å². The minimum Gasteiger partial charge on any atom is -0.358 e. The fraction of sp³-hybridized carbons (Fsp3) is 0.308. The van der Waals surface area contributed by atoms with Gasteiger partial charge in [-0.25, -0.2) is 0 Å². The maximum atomic E-state index is 7.79. The molecule has 16 heavy (non-hydrogen) atoms. The van der Waals surface area contributed by atoms with Crippen LogP contribution in [0.4, 0.5) is 0 Å². The number of allylic oxidation sites excluding steroid dienone is 1. The Morgan fingerprint density at radius 3 is 2.62 bits per heavy atom. The lowest BCUT2D eigenvalue weighted by Crippen LogP contribution is -2.26. The topological polar surface area (TPSA) is 41.9 Å². The Bertz CT molecular complexity index is 602. The first-order valence-corrected chi connectivity index (χ1v) is 5.26. The van der Waals surface area contributed by atoms with Gasteiger partial charge in [0.15, 0.2) is 0 Å². The maximum Gasteiger partial charge on any atom is 0.248 e. The van der Waals surface area contributed by atoms with Crippen molar-refractivity contribution < 1.29 is 4.52 Å². The molecule has 3 heteroatoms. The van der Waals surface area contributed by atoms with E-state index in [-0.39, 0.29) is 11.1 Å². The van der Waals surface area contributed by atoms with Crippen LogP contribution in [0.3, 0.4) is 0 Å². The van der Waals surface area contributed by atoms with E-state index in [0.29, 0.717) is 0 Å². The quantitative estimate of drug-likeness (QED) is 0.770. The fourth-order valence-electron chi connectivity index (χ4n) is 1.62. The minimum absolute atomic E-state index is 0.199. The van der Waals surface area contributed by atoms with Crippen LogP contribution >= 0.6 is 0 Å². The van der Waals surface area contributed by atoms with Crippen molar-refractivity contribution in [2.24, 2.45) is 0 Å². The number of nitrogens with zero attached hydrogens (tertiary/aromatic N) is 1. The Kier molecular flexibility index (Phi) is 2.26. The first kappa shape index (κ1) is 10.7. The van der Waals surface area contributed by atoms with E-state index in [0.717, 1.165) is 16.5 Å². The lowest BCUT2D eigenvalue weighted by atomic mass is 9.97. The molecule has 0 saturated carbocycles. The zero-order chi connectivity index (χ0) is 11.9. The fourth-order valence-corrected chi connectivity index (χ4v) is 1.62. The molecule has 0 amide bonds. The van der Waals surface area contributed by atoms with Crippen molar-refractivity contribution in [3.8, 4) is 0 Å². The number of hydrogen-bond acceptors (Lipinski definition) is 2. The van der Waals surface area contributed by atoms with Crippen molar-refractivity contribution in [2.45, 2.75) is 26.3 Å². The molecule has 0 spiro atoms. The predicted molar refractivity (Wildman–Crippen MR) is 64.2 cm³/mol. The van der Waals surface area contributed by atoms with Crippen molar-refractivity contribution in [3.63, 3.8) is 0 Å². The van der Waals surface area contributed by atoms with Gasteiger partial charge in [0, 0.05) is 0 Å². The molecule has 0 fully saturated rings. The second-order valence-corrected chi connectivity index (χ2v) is 4.57. The summed E-state index contributed by atoms with van der Waals surface area (Å²) >= 11 is 0. The van der Waals surface area contributed by atoms with E-state index in [1.807, 2.05) is 45.0 Å². The molecule has 1 aromatic heterocycles. The molecule has 0 aliphatic rings. The normalized spacial score (nSPS) is 11.9. The van der Waals surface area contributed by atoms with Crippen molar-refractivity contribution in [1.29, 1.82) is 5.41 Å². The minimum atomic E-state index is -0.321. The Labute approximate surface area is 94.5 Å². The van der Waals surface area contributed by atoms with E-state index in [9.17, 15) is 0 Å². The summed E-state index contributed by atoms with van der Waals surface area (Å²) in [7, 11) is 0. The number of para-hydroxylation sites is 1. The molecule has 1 N–H and O–H groups in total. The van der Waals surface area contributed by atoms with E-state index < -0.39 is 0 Å². The highest BCUT2D eigenvalue weighted by atomic mass is 16.5. The van der Waals surface area contributed by atoms with Crippen LogP contribution in [-0.4, -0.2) is 4.74 Å². The second kappa shape index (κ2) is 3.37. The molecular formula is C13H16N2O. The van der Waals surface area contributed by atoms with Crippen molar-refractivity contribution in [3.05, 3.63) is 42.0 Å². The second-order valence-electron chi connectivity index (χ2n) is 4.57. The third-order valence-corrected chi connectivity index (χ3v) is 3.10. The number of benzene rings is 1. The highest BCUT2D eigenvalue weighted by molar-refractivity contribution is 5.77. The van der Waals surface area contributed by atoms with E-state index in [4.69, 9.17) is 9.93 Å². The zero-order valence-electron chi connectivity index (χ0n) is 9.87. The Hall–Kier alpha value is -1.77. The van der Waals surface area contributed by atoms with E-state index in [2.05, 4.69) is 6.58 Å². The summed E-state index contributed by atoms with van der Waals surface area (Å²) in [5.74, 6) is 0. The van der Waals surface area contributed by atoms with Gasteiger partial charge in [0.05, 0.1) is 16.4 Å². The average molecular weight is 216 g/mol. The molecule has 0 aliphatic heterocycles. The van der Waals surface area contributed by atoms with Gasteiger partial charge in [0.2, 0.25) is 5.55 Å². The Balaban J connectivity index is 2.81. The predicted octanol–water partition coefficient (Wildman–Crippen LogP) is 3.02. The van der Waals surface area contributed by atoms with Gasteiger partial charge in [-0.15, -0.1) is 0 Å². The van der Waals surface area contributed by atoms with Crippen LogP contribution in [-0.2, 0) is 5.54 Å². The standard InChI is InChI=1S/C13H16N2O/c1-9(2)13(3,4)15-11-8-6-5-7-10(11)12(14)16-15/h5-8,14H,1H2,2-4H3. The van der Waals surface area contributed by atoms with E-state index >= 15 is 0 Å². The summed E-state index contributed by atoms with van der Waals surface area (Å²) < 4.78 is 7.27. The van der Waals surface area contributed by atoms with Crippen molar-refractivity contribution >= 4 is 10.9 Å². The molecule has 3 nitrogen and oxygen atoms in total.